The first-order chi connectivity index (χ1) is 10.7. The van der Waals surface area contributed by atoms with Crippen molar-refractivity contribution < 1.29 is 9.53 Å². The molecule has 1 amide bonds. The van der Waals surface area contributed by atoms with Gasteiger partial charge in [0.2, 0.25) is 0 Å². The van der Waals surface area contributed by atoms with Crippen LogP contribution in [0.4, 0.5) is 4.79 Å². The quantitative estimate of drug-likeness (QED) is 0.781. The van der Waals surface area contributed by atoms with Crippen LogP contribution in [0, 0.1) is 0 Å². The number of nitrogens with zero attached hydrogens (tertiary/aromatic N) is 2. The minimum atomic E-state index is -0.424. The zero-order valence-corrected chi connectivity index (χ0v) is 16.1. The standard InChI is InChI=1S/C18H27BrN2O2/c1-18(2,3)23-17(22)21-11-9-16(10-12-21)20(4)13-14-5-7-15(19)8-6-14/h5-8,16H,9-13H2,1-4H3. The summed E-state index contributed by atoms with van der Waals surface area (Å²) in [7, 11) is 2.16. The summed E-state index contributed by atoms with van der Waals surface area (Å²) in [5.74, 6) is 0. The molecular formula is C18H27BrN2O2. The number of hydrogen-bond donors (Lipinski definition) is 0. The molecule has 0 aliphatic carbocycles. The number of amides is 1. The molecule has 0 unspecified atom stereocenters. The van der Waals surface area contributed by atoms with Crippen molar-refractivity contribution in [1.82, 2.24) is 9.80 Å². The lowest BCUT2D eigenvalue weighted by Gasteiger charge is -2.37. The van der Waals surface area contributed by atoms with Crippen LogP contribution in [-0.2, 0) is 11.3 Å². The van der Waals surface area contributed by atoms with Crippen molar-refractivity contribution in [3.8, 4) is 0 Å². The smallest absolute Gasteiger partial charge is 0.410 e. The normalized spacial score (nSPS) is 16.7. The molecule has 1 aliphatic rings. The second-order valence-electron chi connectivity index (χ2n) is 7.24. The third-order valence-corrected chi connectivity index (χ3v) is 4.61. The highest BCUT2D eigenvalue weighted by atomic mass is 79.9. The molecule has 0 bridgehead atoms. The fourth-order valence-corrected chi connectivity index (χ4v) is 3.09. The van der Waals surface area contributed by atoms with E-state index in [9.17, 15) is 4.79 Å². The van der Waals surface area contributed by atoms with E-state index in [-0.39, 0.29) is 6.09 Å². The molecular weight excluding hydrogens is 356 g/mol. The number of carbonyl (C=O) groups is 1. The topological polar surface area (TPSA) is 32.8 Å². The monoisotopic (exact) mass is 382 g/mol. The van der Waals surface area contributed by atoms with Crippen LogP contribution in [0.2, 0.25) is 0 Å². The van der Waals surface area contributed by atoms with Gasteiger partial charge in [0, 0.05) is 30.1 Å². The Hall–Kier alpha value is -1.07. The Morgan fingerprint density at radius 2 is 1.83 bits per heavy atom. The lowest BCUT2D eigenvalue weighted by atomic mass is 10.0. The van der Waals surface area contributed by atoms with Gasteiger partial charge >= 0.3 is 6.09 Å². The second kappa shape index (κ2) is 7.67. The molecule has 1 saturated heterocycles. The summed E-state index contributed by atoms with van der Waals surface area (Å²) in [5, 5.41) is 0. The van der Waals surface area contributed by atoms with Crippen molar-refractivity contribution in [3.63, 3.8) is 0 Å². The second-order valence-corrected chi connectivity index (χ2v) is 8.16. The summed E-state index contributed by atoms with van der Waals surface area (Å²) in [6.07, 6.45) is 1.80. The molecule has 0 atom stereocenters. The molecule has 0 N–H and O–H groups in total. The summed E-state index contributed by atoms with van der Waals surface area (Å²) in [4.78, 5) is 16.3. The molecule has 23 heavy (non-hydrogen) atoms. The van der Waals surface area contributed by atoms with Crippen molar-refractivity contribution in [2.75, 3.05) is 20.1 Å². The average molecular weight is 383 g/mol. The van der Waals surface area contributed by atoms with E-state index < -0.39 is 5.60 Å². The number of carbonyl (C=O) groups excluding carboxylic acids is 1. The van der Waals surface area contributed by atoms with Crippen molar-refractivity contribution in [1.29, 1.82) is 0 Å². The third-order valence-electron chi connectivity index (χ3n) is 4.08. The number of hydrogen-bond acceptors (Lipinski definition) is 3. The van der Waals surface area contributed by atoms with Crippen LogP contribution in [0.5, 0.6) is 0 Å². The fourth-order valence-electron chi connectivity index (χ4n) is 2.82. The van der Waals surface area contributed by atoms with E-state index in [1.54, 1.807) is 0 Å². The van der Waals surface area contributed by atoms with E-state index in [2.05, 4.69) is 52.1 Å². The lowest BCUT2D eigenvalue weighted by molar-refractivity contribution is 0.0153. The van der Waals surface area contributed by atoms with Crippen LogP contribution in [0.1, 0.15) is 39.2 Å². The molecule has 0 aromatic heterocycles. The first-order valence-electron chi connectivity index (χ1n) is 8.17. The largest absolute Gasteiger partial charge is 0.444 e. The third kappa shape index (κ3) is 5.81. The molecule has 0 saturated carbocycles. The molecule has 4 nitrogen and oxygen atoms in total. The number of piperidine rings is 1. The van der Waals surface area contributed by atoms with Crippen molar-refractivity contribution in [3.05, 3.63) is 34.3 Å². The molecule has 0 spiro atoms. The summed E-state index contributed by atoms with van der Waals surface area (Å²) >= 11 is 3.47. The summed E-state index contributed by atoms with van der Waals surface area (Å²) < 4.78 is 6.55. The van der Waals surface area contributed by atoms with Crippen LogP contribution < -0.4 is 0 Å². The van der Waals surface area contributed by atoms with E-state index in [0.29, 0.717) is 6.04 Å². The Bertz CT molecular complexity index is 517. The van der Waals surface area contributed by atoms with Gasteiger partial charge in [-0.25, -0.2) is 4.79 Å². The van der Waals surface area contributed by atoms with Gasteiger partial charge in [0.05, 0.1) is 0 Å². The SMILES string of the molecule is CN(Cc1ccc(Br)cc1)C1CCN(C(=O)OC(C)(C)C)CC1. The Labute approximate surface area is 147 Å². The number of ether oxygens (including phenoxy) is 1. The Kier molecular flexibility index (Phi) is 6.09. The molecule has 1 heterocycles. The average Bonchev–Trinajstić information content (AvgIpc) is 2.48. The van der Waals surface area contributed by atoms with Crippen LogP contribution in [0.3, 0.4) is 0 Å². The van der Waals surface area contributed by atoms with Crippen LogP contribution in [0.15, 0.2) is 28.7 Å². The Morgan fingerprint density at radius 3 is 2.35 bits per heavy atom. The molecule has 2 rings (SSSR count). The van der Waals surface area contributed by atoms with Crippen molar-refractivity contribution in [2.45, 2.75) is 51.8 Å². The molecule has 1 aliphatic heterocycles. The molecule has 0 radical (unpaired) electrons. The maximum Gasteiger partial charge on any atom is 0.410 e. The van der Waals surface area contributed by atoms with Gasteiger partial charge in [-0.1, -0.05) is 28.1 Å². The molecule has 1 fully saturated rings. The fraction of sp³-hybridized carbons (Fsp3) is 0.611. The number of likely N-dealkylation sites (tertiary alicyclic amines) is 1. The Balaban J connectivity index is 1.81. The number of rotatable bonds is 3. The van der Waals surface area contributed by atoms with Gasteiger partial charge in [-0.3, -0.25) is 4.90 Å². The van der Waals surface area contributed by atoms with Gasteiger partial charge in [0.25, 0.3) is 0 Å². The predicted octanol–water partition coefficient (Wildman–Crippen LogP) is 4.28. The molecule has 128 valence electrons. The highest BCUT2D eigenvalue weighted by Gasteiger charge is 2.28. The summed E-state index contributed by atoms with van der Waals surface area (Å²) in [6, 6.07) is 8.97. The minimum absolute atomic E-state index is 0.188. The number of halogens is 1. The molecule has 5 heteroatoms. The van der Waals surface area contributed by atoms with Gasteiger partial charge in [-0.2, -0.15) is 0 Å². The molecule has 1 aromatic carbocycles. The summed E-state index contributed by atoms with van der Waals surface area (Å²) in [6.45, 7) is 8.19. The predicted molar refractivity (Wildman–Crippen MR) is 96.4 cm³/mol. The lowest BCUT2D eigenvalue weighted by Crippen LogP contribution is -2.46. The van der Waals surface area contributed by atoms with Gasteiger partial charge in [0.1, 0.15) is 5.60 Å². The zero-order valence-electron chi connectivity index (χ0n) is 14.5. The van der Waals surface area contributed by atoms with Crippen molar-refractivity contribution >= 4 is 22.0 Å². The van der Waals surface area contributed by atoms with Crippen LogP contribution >= 0.6 is 15.9 Å². The van der Waals surface area contributed by atoms with Crippen molar-refractivity contribution in [2.24, 2.45) is 0 Å². The van der Waals surface area contributed by atoms with E-state index >= 15 is 0 Å². The zero-order chi connectivity index (χ0) is 17.0. The van der Waals surface area contributed by atoms with Gasteiger partial charge < -0.3 is 9.64 Å². The van der Waals surface area contributed by atoms with E-state index in [1.807, 2.05) is 25.7 Å². The highest BCUT2D eigenvalue weighted by molar-refractivity contribution is 9.10. The maximum atomic E-state index is 12.1. The summed E-state index contributed by atoms with van der Waals surface area (Å²) in [5.41, 5.74) is 0.886. The van der Waals surface area contributed by atoms with Gasteiger partial charge in [-0.15, -0.1) is 0 Å². The van der Waals surface area contributed by atoms with E-state index in [4.69, 9.17) is 4.74 Å². The van der Waals surface area contributed by atoms with Crippen LogP contribution in [0.25, 0.3) is 0 Å². The van der Waals surface area contributed by atoms with Crippen LogP contribution in [-0.4, -0.2) is 47.7 Å². The molecule has 1 aromatic rings. The first-order valence-corrected chi connectivity index (χ1v) is 8.96. The number of benzene rings is 1. The van der Waals surface area contributed by atoms with Gasteiger partial charge in [-0.05, 0) is 58.4 Å². The minimum Gasteiger partial charge on any atom is -0.444 e. The van der Waals surface area contributed by atoms with E-state index in [0.717, 1.165) is 36.9 Å². The van der Waals surface area contributed by atoms with E-state index in [1.165, 1.54) is 5.56 Å². The first kappa shape index (κ1) is 18.3. The van der Waals surface area contributed by atoms with Gasteiger partial charge in [0.15, 0.2) is 0 Å². The highest BCUT2D eigenvalue weighted by Crippen LogP contribution is 2.20. The Morgan fingerprint density at radius 1 is 1.26 bits per heavy atom. The maximum absolute atomic E-state index is 12.1.